The fourth-order valence-corrected chi connectivity index (χ4v) is 3.02. The van der Waals surface area contributed by atoms with E-state index in [1.54, 1.807) is 0 Å². The Morgan fingerprint density at radius 2 is 2.33 bits per heavy atom. The summed E-state index contributed by atoms with van der Waals surface area (Å²) in [5.74, 6) is 2.99. The maximum absolute atomic E-state index is 11.9. The molecular formula is C11H19NO2S. The Hall–Kier alpha value is -0.0600. The van der Waals surface area contributed by atoms with Crippen molar-refractivity contribution < 1.29 is 9.53 Å². The zero-order valence-corrected chi connectivity index (χ0v) is 9.93. The van der Waals surface area contributed by atoms with Crippen molar-refractivity contribution in [2.75, 3.05) is 44.4 Å². The first-order valence-electron chi connectivity index (χ1n) is 5.77. The van der Waals surface area contributed by atoms with Crippen LogP contribution in [0.2, 0.25) is 0 Å². The second kappa shape index (κ2) is 5.87. The van der Waals surface area contributed by atoms with Crippen molar-refractivity contribution in [3.63, 3.8) is 0 Å². The Morgan fingerprint density at radius 1 is 1.40 bits per heavy atom. The first-order valence-corrected chi connectivity index (χ1v) is 6.92. The van der Waals surface area contributed by atoms with Crippen LogP contribution in [0.4, 0.5) is 0 Å². The number of rotatable bonds is 3. The molecule has 0 N–H and O–H groups in total. The fourth-order valence-electron chi connectivity index (χ4n) is 2.09. The second-order valence-corrected chi connectivity index (χ2v) is 5.49. The lowest BCUT2D eigenvalue weighted by Gasteiger charge is -2.19. The highest BCUT2D eigenvalue weighted by molar-refractivity contribution is 7.99. The number of ether oxygens (including phenoxy) is 1. The van der Waals surface area contributed by atoms with Crippen LogP contribution in [0.15, 0.2) is 0 Å². The van der Waals surface area contributed by atoms with Crippen LogP contribution in [-0.2, 0) is 9.53 Å². The first kappa shape index (κ1) is 11.4. The van der Waals surface area contributed by atoms with E-state index in [0.717, 1.165) is 26.1 Å². The Balaban J connectivity index is 1.76. The van der Waals surface area contributed by atoms with Gasteiger partial charge in [-0.15, -0.1) is 0 Å². The molecule has 0 aliphatic carbocycles. The highest BCUT2D eigenvalue weighted by Gasteiger charge is 2.25. The fraction of sp³-hybridized carbons (Fsp3) is 0.909. The highest BCUT2D eigenvalue weighted by atomic mass is 32.2. The molecule has 0 bridgehead atoms. The van der Waals surface area contributed by atoms with Gasteiger partial charge in [0.1, 0.15) is 0 Å². The number of Topliss-reactive ketones (excluding diaryl/α,β-unsaturated/α-hetero) is 1. The van der Waals surface area contributed by atoms with E-state index >= 15 is 0 Å². The molecule has 2 heterocycles. The summed E-state index contributed by atoms with van der Waals surface area (Å²) in [7, 11) is 0. The SMILES string of the molecule is O=C(CN1CCCSCC1)C1CCOC1. The predicted molar refractivity (Wildman–Crippen MR) is 62.3 cm³/mol. The van der Waals surface area contributed by atoms with Crippen LogP contribution in [0.5, 0.6) is 0 Å². The van der Waals surface area contributed by atoms with Gasteiger partial charge in [-0.2, -0.15) is 11.8 Å². The molecule has 0 radical (unpaired) electrons. The third kappa shape index (κ3) is 3.47. The van der Waals surface area contributed by atoms with E-state index in [-0.39, 0.29) is 5.92 Å². The topological polar surface area (TPSA) is 29.5 Å². The van der Waals surface area contributed by atoms with E-state index in [1.807, 2.05) is 11.8 Å². The molecule has 0 spiro atoms. The lowest BCUT2D eigenvalue weighted by Crippen LogP contribution is -2.35. The van der Waals surface area contributed by atoms with Crippen LogP contribution in [0, 0.1) is 5.92 Å². The van der Waals surface area contributed by atoms with Gasteiger partial charge in [-0.05, 0) is 25.1 Å². The molecule has 0 aromatic rings. The van der Waals surface area contributed by atoms with Crippen molar-refractivity contribution in [3.05, 3.63) is 0 Å². The summed E-state index contributed by atoms with van der Waals surface area (Å²) in [5, 5.41) is 0. The highest BCUT2D eigenvalue weighted by Crippen LogP contribution is 2.15. The largest absolute Gasteiger partial charge is 0.381 e. The molecule has 3 nitrogen and oxygen atoms in total. The molecule has 0 saturated carbocycles. The van der Waals surface area contributed by atoms with E-state index in [1.165, 1.54) is 17.9 Å². The minimum Gasteiger partial charge on any atom is -0.381 e. The van der Waals surface area contributed by atoms with Gasteiger partial charge < -0.3 is 4.74 Å². The zero-order chi connectivity index (χ0) is 10.5. The number of nitrogens with zero attached hydrogens (tertiary/aromatic N) is 1. The quantitative estimate of drug-likeness (QED) is 0.723. The molecule has 2 rings (SSSR count). The number of hydrogen-bond acceptors (Lipinski definition) is 4. The smallest absolute Gasteiger partial charge is 0.152 e. The third-order valence-electron chi connectivity index (χ3n) is 3.08. The summed E-state index contributed by atoms with van der Waals surface area (Å²) in [6.45, 7) is 4.23. The van der Waals surface area contributed by atoms with Crippen LogP contribution in [0.3, 0.4) is 0 Å². The Bertz CT molecular complexity index is 209. The second-order valence-electron chi connectivity index (χ2n) is 4.27. The molecular weight excluding hydrogens is 210 g/mol. The van der Waals surface area contributed by atoms with E-state index < -0.39 is 0 Å². The van der Waals surface area contributed by atoms with Crippen LogP contribution < -0.4 is 0 Å². The number of hydrogen-bond donors (Lipinski definition) is 0. The maximum atomic E-state index is 11.9. The van der Waals surface area contributed by atoms with E-state index in [0.29, 0.717) is 18.9 Å². The number of thioether (sulfide) groups is 1. The van der Waals surface area contributed by atoms with Gasteiger partial charge >= 0.3 is 0 Å². The molecule has 1 unspecified atom stereocenters. The van der Waals surface area contributed by atoms with Gasteiger partial charge in [-0.3, -0.25) is 9.69 Å². The van der Waals surface area contributed by atoms with Crippen LogP contribution >= 0.6 is 11.8 Å². The lowest BCUT2D eigenvalue weighted by molar-refractivity contribution is -0.123. The zero-order valence-electron chi connectivity index (χ0n) is 9.11. The summed E-state index contributed by atoms with van der Waals surface area (Å²) >= 11 is 2.00. The molecule has 0 aromatic heterocycles. The summed E-state index contributed by atoms with van der Waals surface area (Å²) < 4.78 is 5.25. The molecule has 15 heavy (non-hydrogen) atoms. The third-order valence-corrected chi connectivity index (χ3v) is 4.13. The number of ketones is 1. The van der Waals surface area contributed by atoms with E-state index in [4.69, 9.17) is 4.74 Å². The summed E-state index contributed by atoms with van der Waals surface area (Å²) in [4.78, 5) is 14.2. The van der Waals surface area contributed by atoms with Crippen molar-refractivity contribution in [1.29, 1.82) is 0 Å². The van der Waals surface area contributed by atoms with Gasteiger partial charge in [0.25, 0.3) is 0 Å². The van der Waals surface area contributed by atoms with Gasteiger partial charge in [0, 0.05) is 24.8 Å². The summed E-state index contributed by atoms with van der Waals surface area (Å²) in [6.07, 6.45) is 2.15. The summed E-state index contributed by atoms with van der Waals surface area (Å²) in [6, 6.07) is 0. The molecule has 0 amide bonds. The van der Waals surface area contributed by atoms with Crippen molar-refractivity contribution in [3.8, 4) is 0 Å². The molecule has 86 valence electrons. The molecule has 2 aliphatic heterocycles. The maximum Gasteiger partial charge on any atom is 0.152 e. The van der Waals surface area contributed by atoms with E-state index in [9.17, 15) is 4.79 Å². The number of carbonyl (C=O) groups is 1. The van der Waals surface area contributed by atoms with Crippen molar-refractivity contribution in [2.45, 2.75) is 12.8 Å². The Morgan fingerprint density at radius 3 is 3.13 bits per heavy atom. The molecule has 2 aliphatic rings. The average molecular weight is 229 g/mol. The first-order chi connectivity index (χ1) is 7.36. The van der Waals surface area contributed by atoms with Crippen molar-refractivity contribution in [1.82, 2.24) is 4.90 Å². The van der Waals surface area contributed by atoms with Crippen LogP contribution in [0.25, 0.3) is 0 Å². The molecule has 1 atom stereocenters. The molecule has 2 fully saturated rings. The summed E-state index contributed by atoms with van der Waals surface area (Å²) in [5.41, 5.74) is 0. The van der Waals surface area contributed by atoms with Crippen molar-refractivity contribution >= 4 is 17.5 Å². The minimum absolute atomic E-state index is 0.181. The average Bonchev–Trinajstić information content (AvgIpc) is 2.65. The predicted octanol–water partition coefficient (Wildman–Crippen LogP) is 1.03. The Labute approximate surface area is 95.5 Å². The van der Waals surface area contributed by atoms with Crippen LogP contribution in [0.1, 0.15) is 12.8 Å². The minimum atomic E-state index is 0.181. The van der Waals surface area contributed by atoms with Gasteiger partial charge in [0.15, 0.2) is 5.78 Å². The lowest BCUT2D eigenvalue weighted by atomic mass is 10.0. The monoisotopic (exact) mass is 229 g/mol. The van der Waals surface area contributed by atoms with Crippen molar-refractivity contribution in [2.24, 2.45) is 5.92 Å². The standard InChI is InChI=1S/C11H19NO2S/c13-11(10-2-5-14-9-10)8-12-3-1-6-15-7-4-12/h10H,1-9H2. The normalized spacial score (nSPS) is 28.9. The van der Waals surface area contributed by atoms with Gasteiger partial charge in [0.05, 0.1) is 13.2 Å². The molecule has 4 heteroatoms. The van der Waals surface area contributed by atoms with Gasteiger partial charge in [-0.25, -0.2) is 0 Å². The Kier molecular flexibility index (Phi) is 4.47. The van der Waals surface area contributed by atoms with E-state index in [2.05, 4.69) is 4.90 Å². The van der Waals surface area contributed by atoms with Gasteiger partial charge in [-0.1, -0.05) is 0 Å². The number of carbonyl (C=O) groups excluding carboxylic acids is 1. The molecule has 0 aromatic carbocycles. The van der Waals surface area contributed by atoms with Crippen LogP contribution in [-0.4, -0.2) is 55.0 Å². The van der Waals surface area contributed by atoms with Gasteiger partial charge in [0.2, 0.25) is 0 Å². The molecule has 2 saturated heterocycles.